The minimum atomic E-state index is -4.43. The van der Waals surface area contributed by atoms with Crippen molar-refractivity contribution in [1.82, 2.24) is 15.5 Å². The van der Waals surface area contributed by atoms with Crippen LogP contribution < -0.4 is 10.1 Å². The summed E-state index contributed by atoms with van der Waals surface area (Å²) >= 11 is 0. The highest BCUT2D eigenvalue weighted by Gasteiger charge is 2.28. The Morgan fingerprint density at radius 2 is 2.03 bits per heavy atom. The lowest BCUT2D eigenvalue weighted by atomic mass is 10.1. The summed E-state index contributed by atoms with van der Waals surface area (Å²) in [6.45, 7) is 0.380. The number of halogens is 3. The molecule has 10 heteroatoms. The number of nitrogens with zero attached hydrogens (tertiary/aromatic N) is 2. The van der Waals surface area contributed by atoms with Gasteiger partial charge >= 0.3 is 6.18 Å². The van der Waals surface area contributed by atoms with Gasteiger partial charge in [0.15, 0.2) is 12.4 Å². The summed E-state index contributed by atoms with van der Waals surface area (Å²) in [6.07, 6.45) is -2.94. The first-order valence-corrected chi connectivity index (χ1v) is 9.18. The van der Waals surface area contributed by atoms with Crippen molar-refractivity contribution in [2.45, 2.75) is 19.6 Å². The molecule has 0 bridgehead atoms. The highest BCUT2D eigenvalue weighted by Crippen LogP contribution is 2.27. The Kier molecular flexibility index (Phi) is 5.37. The molecule has 1 amide bonds. The van der Waals surface area contributed by atoms with Crippen molar-refractivity contribution in [2.24, 2.45) is 0 Å². The summed E-state index contributed by atoms with van der Waals surface area (Å²) in [4.78, 5) is 17.3. The van der Waals surface area contributed by atoms with E-state index in [9.17, 15) is 18.0 Å². The van der Waals surface area contributed by atoms with Crippen molar-refractivity contribution in [3.05, 3.63) is 65.5 Å². The van der Waals surface area contributed by atoms with Crippen LogP contribution in [0, 0.1) is 6.92 Å². The van der Waals surface area contributed by atoms with Crippen LogP contribution in [0.15, 0.2) is 57.7 Å². The highest BCUT2D eigenvalue weighted by molar-refractivity contribution is 6.06. The Hall–Kier alpha value is -3.82. The Labute approximate surface area is 173 Å². The molecule has 31 heavy (non-hydrogen) atoms. The number of pyridine rings is 1. The van der Waals surface area contributed by atoms with Crippen molar-refractivity contribution in [1.29, 1.82) is 0 Å². The number of alkyl halides is 3. The number of amides is 1. The van der Waals surface area contributed by atoms with Crippen LogP contribution in [0.25, 0.3) is 22.6 Å². The minimum Gasteiger partial charge on any atom is -0.484 e. The third-order valence-corrected chi connectivity index (χ3v) is 4.39. The normalized spacial score (nSPS) is 11.6. The van der Waals surface area contributed by atoms with Crippen molar-refractivity contribution in [3.63, 3.8) is 0 Å². The summed E-state index contributed by atoms with van der Waals surface area (Å²) in [6, 6.07) is 11.0. The van der Waals surface area contributed by atoms with Gasteiger partial charge in [-0.1, -0.05) is 17.3 Å². The molecule has 1 N–H and O–H groups in total. The number of benzene rings is 1. The number of aromatic nitrogens is 2. The van der Waals surface area contributed by atoms with Crippen molar-refractivity contribution < 1.29 is 31.6 Å². The molecule has 7 nitrogen and oxygen atoms in total. The number of furan rings is 1. The van der Waals surface area contributed by atoms with Gasteiger partial charge in [0.05, 0.1) is 22.9 Å². The Morgan fingerprint density at radius 1 is 1.19 bits per heavy atom. The second-order valence-corrected chi connectivity index (χ2v) is 6.71. The van der Waals surface area contributed by atoms with E-state index in [4.69, 9.17) is 13.7 Å². The summed E-state index contributed by atoms with van der Waals surface area (Å²) in [5, 5.41) is 7.09. The van der Waals surface area contributed by atoms with Gasteiger partial charge in [-0.2, -0.15) is 13.2 Å². The topological polar surface area (TPSA) is 90.4 Å². The van der Waals surface area contributed by atoms with E-state index in [1.807, 2.05) is 0 Å². The number of fused-ring (bicyclic) bond motifs is 1. The number of nitrogens with one attached hydrogen (secondary N) is 1. The van der Waals surface area contributed by atoms with Crippen LogP contribution in [0.1, 0.15) is 21.6 Å². The van der Waals surface area contributed by atoms with Gasteiger partial charge in [-0.25, -0.2) is 4.98 Å². The molecule has 0 saturated heterocycles. The second-order valence-electron chi connectivity index (χ2n) is 6.71. The molecule has 160 valence electrons. The van der Waals surface area contributed by atoms with Gasteiger partial charge in [0.2, 0.25) is 0 Å². The predicted molar refractivity (Wildman–Crippen MR) is 103 cm³/mol. The predicted octanol–water partition coefficient (Wildman–Crippen LogP) is 4.66. The van der Waals surface area contributed by atoms with E-state index in [-0.39, 0.29) is 18.0 Å². The zero-order valence-corrected chi connectivity index (χ0v) is 16.2. The van der Waals surface area contributed by atoms with E-state index in [1.54, 1.807) is 37.3 Å². The molecule has 4 aromatic rings. The molecule has 0 aliphatic heterocycles. The average molecular weight is 431 g/mol. The van der Waals surface area contributed by atoms with Gasteiger partial charge in [-0.3, -0.25) is 4.79 Å². The fourth-order valence-electron chi connectivity index (χ4n) is 3.01. The molecule has 0 unspecified atom stereocenters. The molecule has 0 spiro atoms. The maximum absolute atomic E-state index is 12.9. The number of carbonyl (C=O) groups is 1. The fourth-order valence-corrected chi connectivity index (χ4v) is 3.01. The quantitative estimate of drug-likeness (QED) is 0.478. The summed E-state index contributed by atoms with van der Waals surface area (Å²) in [7, 11) is 0. The van der Waals surface area contributed by atoms with Crippen LogP contribution in [0.4, 0.5) is 13.2 Å². The smallest absolute Gasteiger partial charge is 0.422 e. The fraction of sp³-hybridized carbons (Fsp3) is 0.190. The molecule has 0 fully saturated rings. The zero-order chi connectivity index (χ0) is 22.0. The van der Waals surface area contributed by atoms with Crippen LogP contribution in [0.2, 0.25) is 0 Å². The standard InChI is InChI=1S/C21H16F3N3O4/c1-12-18-15(9-16(17-6-3-7-29-17)26-20(18)31-27-12)19(28)25-10-13-4-2-5-14(8-13)30-11-21(22,23)24/h2-9H,10-11H2,1H3,(H,25,28). The molecule has 0 aliphatic carbocycles. The number of hydrogen-bond donors (Lipinski definition) is 1. The van der Waals surface area contributed by atoms with Crippen LogP contribution in [0.5, 0.6) is 5.75 Å². The summed E-state index contributed by atoms with van der Waals surface area (Å²) in [5.74, 6) is 0.0954. The average Bonchev–Trinajstić information content (AvgIpc) is 3.40. The van der Waals surface area contributed by atoms with E-state index in [0.29, 0.717) is 33.7 Å². The van der Waals surface area contributed by atoms with E-state index in [1.165, 1.54) is 18.4 Å². The van der Waals surface area contributed by atoms with Crippen LogP contribution in [-0.4, -0.2) is 28.8 Å². The Bertz CT molecular complexity index is 1220. The summed E-state index contributed by atoms with van der Waals surface area (Å²) < 4.78 is 52.3. The third-order valence-electron chi connectivity index (χ3n) is 4.39. The number of carbonyl (C=O) groups excluding carboxylic acids is 1. The lowest BCUT2D eigenvalue weighted by Gasteiger charge is -2.11. The highest BCUT2D eigenvalue weighted by atomic mass is 19.4. The minimum absolute atomic E-state index is 0.0605. The molecule has 0 saturated carbocycles. The first-order valence-electron chi connectivity index (χ1n) is 9.18. The maximum atomic E-state index is 12.9. The van der Waals surface area contributed by atoms with Crippen LogP contribution in [0.3, 0.4) is 0 Å². The van der Waals surface area contributed by atoms with E-state index < -0.39 is 18.7 Å². The molecule has 3 aromatic heterocycles. The van der Waals surface area contributed by atoms with Gasteiger partial charge in [0.25, 0.3) is 11.6 Å². The third kappa shape index (κ3) is 4.68. The second kappa shape index (κ2) is 8.13. The largest absolute Gasteiger partial charge is 0.484 e. The molecule has 3 heterocycles. The first kappa shape index (κ1) is 20.5. The molecule has 0 radical (unpaired) electrons. The molecule has 0 atom stereocenters. The Balaban J connectivity index is 1.55. The molecule has 0 aliphatic rings. The van der Waals surface area contributed by atoms with Crippen LogP contribution in [-0.2, 0) is 6.54 Å². The number of ether oxygens (including phenoxy) is 1. The van der Waals surface area contributed by atoms with Crippen molar-refractivity contribution in [2.75, 3.05) is 6.61 Å². The van der Waals surface area contributed by atoms with Gasteiger partial charge < -0.3 is 19.0 Å². The number of aryl methyl sites for hydroxylation is 1. The lowest BCUT2D eigenvalue weighted by molar-refractivity contribution is -0.153. The van der Waals surface area contributed by atoms with E-state index >= 15 is 0 Å². The molecule has 4 rings (SSSR count). The van der Waals surface area contributed by atoms with Crippen molar-refractivity contribution in [3.8, 4) is 17.2 Å². The van der Waals surface area contributed by atoms with Gasteiger partial charge in [-0.05, 0) is 42.8 Å². The van der Waals surface area contributed by atoms with Crippen molar-refractivity contribution >= 4 is 17.0 Å². The van der Waals surface area contributed by atoms with E-state index in [0.717, 1.165) is 0 Å². The molecular formula is C21H16F3N3O4. The SMILES string of the molecule is Cc1noc2nc(-c3ccco3)cc(C(=O)NCc3cccc(OCC(F)(F)F)c3)c12. The lowest BCUT2D eigenvalue weighted by Crippen LogP contribution is -2.23. The molecule has 1 aromatic carbocycles. The number of rotatable bonds is 6. The maximum Gasteiger partial charge on any atom is 0.422 e. The van der Waals surface area contributed by atoms with Gasteiger partial charge in [0.1, 0.15) is 11.4 Å². The first-order chi connectivity index (χ1) is 14.8. The summed E-state index contributed by atoms with van der Waals surface area (Å²) in [5.41, 5.74) is 1.97. The van der Waals surface area contributed by atoms with Crippen LogP contribution >= 0.6 is 0 Å². The molecular weight excluding hydrogens is 415 g/mol. The van der Waals surface area contributed by atoms with Gasteiger partial charge in [-0.15, -0.1) is 0 Å². The monoisotopic (exact) mass is 431 g/mol. The zero-order valence-electron chi connectivity index (χ0n) is 16.2. The number of hydrogen-bond acceptors (Lipinski definition) is 6. The van der Waals surface area contributed by atoms with E-state index in [2.05, 4.69) is 15.5 Å². The Morgan fingerprint density at radius 3 is 2.77 bits per heavy atom. The van der Waals surface area contributed by atoms with Gasteiger partial charge in [0, 0.05) is 6.54 Å².